The molecule has 4 aliphatic rings. The monoisotopic (exact) mass is 148 g/mol. The predicted molar refractivity (Wildman–Crippen MR) is 44.1 cm³/mol. The van der Waals surface area contributed by atoms with E-state index in [-0.39, 0.29) is 0 Å². The lowest BCUT2D eigenvalue weighted by Gasteiger charge is -2.27. The summed E-state index contributed by atoms with van der Waals surface area (Å²) in [6.07, 6.45) is 8.09. The van der Waals surface area contributed by atoms with Gasteiger partial charge in [0.1, 0.15) is 0 Å². The first-order valence-corrected chi connectivity index (χ1v) is 5.22. The van der Waals surface area contributed by atoms with Gasteiger partial charge in [0.25, 0.3) is 0 Å². The summed E-state index contributed by atoms with van der Waals surface area (Å²) in [5, 5.41) is 0. The molecule has 4 aliphatic carbocycles. The second-order valence-corrected chi connectivity index (χ2v) is 6.10. The molecule has 11 heavy (non-hydrogen) atoms. The zero-order chi connectivity index (χ0) is 7.27. The largest absolute Gasteiger partial charge is 0.0593 e. The Morgan fingerprint density at radius 1 is 1.18 bits per heavy atom. The van der Waals surface area contributed by atoms with Gasteiger partial charge in [-0.1, -0.05) is 6.92 Å². The third-order valence-corrected chi connectivity index (χ3v) is 5.36. The van der Waals surface area contributed by atoms with Gasteiger partial charge in [-0.05, 0) is 60.7 Å². The standard InChI is InChI=1S/C11H16/c1-10-5-9(10)7-2-8-4-11(8,3-7)6-10/h7-9H,2-6H2,1H3/t7?,8?,9?,10?,11-/m1/s1. The van der Waals surface area contributed by atoms with Crippen molar-refractivity contribution < 1.29 is 0 Å². The van der Waals surface area contributed by atoms with Crippen LogP contribution in [0, 0.1) is 28.6 Å². The molecular weight excluding hydrogens is 132 g/mol. The fourth-order valence-electron chi connectivity index (χ4n) is 4.77. The second-order valence-electron chi connectivity index (χ2n) is 6.10. The van der Waals surface area contributed by atoms with Crippen LogP contribution in [0.25, 0.3) is 0 Å². The highest BCUT2D eigenvalue weighted by Crippen LogP contribution is 2.81. The van der Waals surface area contributed by atoms with Crippen molar-refractivity contribution in [3.63, 3.8) is 0 Å². The molecule has 0 nitrogen and oxygen atoms in total. The van der Waals surface area contributed by atoms with Crippen LogP contribution in [-0.2, 0) is 0 Å². The van der Waals surface area contributed by atoms with Crippen LogP contribution in [0.15, 0.2) is 0 Å². The number of rotatable bonds is 0. The Kier molecular flexibility index (Phi) is 0.611. The normalized spacial score (nSPS) is 75.5. The molecule has 0 radical (unpaired) electrons. The van der Waals surface area contributed by atoms with Crippen LogP contribution in [0.2, 0.25) is 0 Å². The lowest BCUT2D eigenvalue weighted by atomic mass is 9.77. The summed E-state index contributed by atoms with van der Waals surface area (Å²) >= 11 is 0. The molecule has 0 heterocycles. The van der Waals surface area contributed by atoms with Gasteiger partial charge in [-0.3, -0.25) is 0 Å². The number of fused-ring (bicyclic) bond motifs is 3. The smallest absolute Gasteiger partial charge is 0.0258 e. The summed E-state index contributed by atoms with van der Waals surface area (Å²) in [6.45, 7) is 2.55. The Bertz CT molecular complexity index is 244. The molecule has 0 saturated heterocycles. The number of hydrogen-bond donors (Lipinski definition) is 0. The molecule has 0 N–H and O–H groups in total. The summed E-state index contributed by atoms with van der Waals surface area (Å²) in [7, 11) is 0. The van der Waals surface area contributed by atoms with Crippen LogP contribution in [-0.4, -0.2) is 0 Å². The maximum absolute atomic E-state index is 2.55. The molecule has 0 amide bonds. The van der Waals surface area contributed by atoms with E-state index in [0.717, 1.165) is 10.8 Å². The molecule has 60 valence electrons. The molecular formula is C11H16. The Hall–Kier alpha value is 0. The van der Waals surface area contributed by atoms with Crippen LogP contribution in [0.1, 0.15) is 39.0 Å². The zero-order valence-corrected chi connectivity index (χ0v) is 7.27. The van der Waals surface area contributed by atoms with E-state index in [4.69, 9.17) is 0 Å². The molecule has 2 bridgehead atoms. The molecule has 0 aromatic carbocycles. The molecule has 4 rings (SSSR count). The van der Waals surface area contributed by atoms with E-state index in [0.29, 0.717) is 0 Å². The molecule has 1 spiro atoms. The Morgan fingerprint density at radius 3 is 3.00 bits per heavy atom. The van der Waals surface area contributed by atoms with E-state index < -0.39 is 0 Å². The maximum atomic E-state index is 2.55. The van der Waals surface area contributed by atoms with Gasteiger partial charge >= 0.3 is 0 Å². The summed E-state index contributed by atoms with van der Waals surface area (Å²) < 4.78 is 0. The Morgan fingerprint density at radius 2 is 2.09 bits per heavy atom. The lowest BCUT2D eigenvalue weighted by molar-refractivity contribution is 0.220. The third kappa shape index (κ3) is 0.467. The van der Waals surface area contributed by atoms with Crippen LogP contribution in [0.5, 0.6) is 0 Å². The average molecular weight is 148 g/mol. The van der Waals surface area contributed by atoms with Crippen molar-refractivity contribution in [2.45, 2.75) is 39.0 Å². The van der Waals surface area contributed by atoms with Crippen molar-refractivity contribution in [1.29, 1.82) is 0 Å². The first-order valence-electron chi connectivity index (χ1n) is 5.22. The topological polar surface area (TPSA) is 0 Å². The molecule has 4 unspecified atom stereocenters. The van der Waals surface area contributed by atoms with E-state index in [1.165, 1.54) is 17.8 Å². The molecule has 5 atom stereocenters. The first-order chi connectivity index (χ1) is 5.22. The van der Waals surface area contributed by atoms with Crippen molar-refractivity contribution in [2.75, 3.05) is 0 Å². The third-order valence-electron chi connectivity index (χ3n) is 5.36. The van der Waals surface area contributed by atoms with E-state index in [9.17, 15) is 0 Å². The quantitative estimate of drug-likeness (QED) is 0.495. The fraction of sp³-hybridized carbons (Fsp3) is 1.00. The zero-order valence-electron chi connectivity index (χ0n) is 7.27. The summed E-state index contributed by atoms with van der Waals surface area (Å²) in [5.41, 5.74) is 1.79. The van der Waals surface area contributed by atoms with Crippen molar-refractivity contribution in [1.82, 2.24) is 0 Å². The Labute approximate surface area is 68.4 Å². The minimum atomic E-state index is 0.855. The van der Waals surface area contributed by atoms with Gasteiger partial charge in [0.2, 0.25) is 0 Å². The fourth-order valence-corrected chi connectivity index (χ4v) is 4.77. The molecule has 0 aliphatic heterocycles. The minimum Gasteiger partial charge on any atom is -0.0593 e. The van der Waals surface area contributed by atoms with Crippen LogP contribution in [0.3, 0.4) is 0 Å². The second kappa shape index (κ2) is 1.20. The molecule has 0 aromatic heterocycles. The van der Waals surface area contributed by atoms with E-state index in [1.807, 2.05) is 0 Å². The predicted octanol–water partition coefficient (Wildman–Crippen LogP) is 2.83. The molecule has 4 saturated carbocycles. The van der Waals surface area contributed by atoms with Gasteiger partial charge in [0.15, 0.2) is 0 Å². The SMILES string of the molecule is CC12CC1C1CC3C[C@]3(C1)C2. The van der Waals surface area contributed by atoms with Crippen molar-refractivity contribution in [3.8, 4) is 0 Å². The highest BCUT2D eigenvalue weighted by molar-refractivity contribution is 5.22. The van der Waals surface area contributed by atoms with E-state index >= 15 is 0 Å². The van der Waals surface area contributed by atoms with Gasteiger partial charge in [-0.15, -0.1) is 0 Å². The van der Waals surface area contributed by atoms with Crippen LogP contribution >= 0.6 is 0 Å². The van der Waals surface area contributed by atoms with Crippen molar-refractivity contribution in [2.24, 2.45) is 28.6 Å². The average Bonchev–Trinajstić information content (AvgIpc) is 2.73. The van der Waals surface area contributed by atoms with Crippen LogP contribution < -0.4 is 0 Å². The highest BCUT2D eigenvalue weighted by atomic mass is 14.8. The minimum absolute atomic E-state index is 0.855. The van der Waals surface area contributed by atoms with Gasteiger partial charge in [0.05, 0.1) is 0 Å². The Balaban J connectivity index is 1.82. The summed E-state index contributed by atoms with van der Waals surface area (Å²) in [4.78, 5) is 0. The molecule has 4 fully saturated rings. The number of hydrogen-bond acceptors (Lipinski definition) is 0. The van der Waals surface area contributed by atoms with Gasteiger partial charge < -0.3 is 0 Å². The van der Waals surface area contributed by atoms with E-state index in [1.54, 1.807) is 32.1 Å². The molecule has 0 aromatic rings. The van der Waals surface area contributed by atoms with E-state index in [2.05, 4.69) is 6.92 Å². The van der Waals surface area contributed by atoms with Gasteiger partial charge in [0, 0.05) is 0 Å². The highest BCUT2D eigenvalue weighted by Gasteiger charge is 2.72. The van der Waals surface area contributed by atoms with Crippen molar-refractivity contribution in [3.05, 3.63) is 0 Å². The lowest BCUT2D eigenvalue weighted by Crippen LogP contribution is -2.19. The summed E-state index contributed by atoms with van der Waals surface area (Å²) in [5.74, 6) is 3.57. The van der Waals surface area contributed by atoms with Crippen LogP contribution in [0.4, 0.5) is 0 Å². The van der Waals surface area contributed by atoms with Gasteiger partial charge in [-0.2, -0.15) is 0 Å². The van der Waals surface area contributed by atoms with Crippen molar-refractivity contribution >= 4 is 0 Å². The van der Waals surface area contributed by atoms with Gasteiger partial charge in [-0.25, -0.2) is 0 Å². The maximum Gasteiger partial charge on any atom is -0.0258 e. The first kappa shape index (κ1) is 5.61. The molecule has 0 heteroatoms. The summed E-state index contributed by atoms with van der Waals surface area (Å²) in [6, 6.07) is 0.